The number of carbonyl (C=O) groups excluding carboxylic acids is 2. The number of hydrogen-bond acceptors (Lipinski definition) is 4. The van der Waals surface area contributed by atoms with Gasteiger partial charge in [0.05, 0.1) is 0 Å². The minimum atomic E-state index is -0.707. The summed E-state index contributed by atoms with van der Waals surface area (Å²) in [6.45, 7) is 1.16. The Bertz CT molecular complexity index is 164. The molecule has 0 aromatic rings. The molecule has 1 atom stereocenters. The molecule has 0 aromatic carbocycles. The zero-order valence-corrected chi connectivity index (χ0v) is 6.09. The number of isocyanates is 1. The van der Waals surface area contributed by atoms with E-state index in [9.17, 15) is 9.59 Å². The van der Waals surface area contributed by atoms with Gasteiger partial charge in [-0.1, -0.05) is 14.9 Å². The van der Waals surface area contributed by atoms with Gasteiger partial charge in [0.15, 0.2) is 6.73 Å². The lowest BCUT2D eigenvalue weighted by molar-refractivity contribution is -0.142. The molecule has 0 rings (SSSR count). The highest BCUT2D eigenvalue weighted by atomic mass is 35.5. The van der Waals surface area contributed by atoms with Crippen LogP contribution in [-0.2, 0) is 14.3 Å². The second-order valence-electron chi connectivity index (χ2n) is 1.46. The van der Waals surface area contributed by atoms with Gasteiger partial charge in [-0.15, -0.1) is 11.6 Å². The summed E-state index contributed by atoms with van der Waals surface area (Å²) in [4.78, 5) is 22.9. The molecule has 0 aliphatic rings. The van der Waals surface area contributed by atoms with Crippen LogP contribution >= 0.6 is 11.6 Å². The summed E-state index contributed by atoms with van der Waals surface area (Å²) >= 11 is 5.29. The van der Waals surface area contributed by atoms with Gasteiger partial charge in [-0.2, -0.15) is 4.99 Å². The van der Waals surface area contributed by atoms with Crippen molar-refractivity contribution in [2.45, 2.75) is 27.2 Å². The number of aliphatic imine (C=N–C) groups is 1. The molecule has 0 N–H and O–H groups in total. The molecule has 4 nitrogen and oxygen atoms in total. The van der Waals surface area contributed by atoms with E-state index in [0.717, 1.165) is 0 Å². The highest BCUT2D eigenvalue weighted by Crippen LogP contribution is 1.95. The summed E-state index contributed by atoms with van der Waals surface area (Å²) in [6.07, 6.45) is 1.22. The predicted molar refractivity (Wildman–Crippen MR) is 47.9 cm³/mol. The van der Waals surface area contributed by atoms with Gasteiger partial charge in [0, 0.05) is 0 Å². The standard InChI is InChI=1S/C5H6ClNO3.2CH4/c1-4(6)5(9)10-3-7-2-8;;/h4H,3H2,1H3;2*1H4. The zero-order valence-electron chi connectivity index (χ0n) is 5.33. The first-order valence-electron chi connectivity index (χ1n) is 2.53. The van der Waals surface area contributed by atoms with Crippen LogP contribution < -0.4 is 0 Å². The molecule has 0 fully saturated rings. The molecule has 0 amide bonds. The number of esters is 1. The highest BCUT2D eigenvalue weighted by Gasteiger charge is 2.08. The third kappa shape index (κ3) is 9.14. The molecule has 0 saturated carbocycles. The number of hydrogen-bond donors (Lipinski definition) is 0. The van der Waals surface area contributed by atoms with Gasteiger partial charge in [0.25, 0.3) is 0 Å². The van der Waals surface area contributed by atoms with E-state index < -0.39 is 11.3 Å². The Labute approximate surface area is 77.6 Å². The second-order valence-corrected chi connectivity index (χ2v) is 2.11. The van der Waals surface area contributed by atoms with E-state index in [4.69, 9.17) is 11.6 Å². The monoisotopic (exact) mass is 195 g/mol. The Morgan fingerprint density at radius 1 is 1.67 bits per heavy atom. The first kappa shape index (κ1) is 17.3. The Hall–Kier alpha value is -0.860. The van der Waals surface area contributed by atoms with Gasteiger partial charge in [-0.3, -0.25) is 4.79 Å². The maximum atomic E-state index is 10.5. The Morgan fingerprint density at radius 3 is 2.50 bits per heavy atom. The molecule has 0 aliphatic heterocycles. The van der Waals surface area contributed by atoms with Crippen molar-refractivity contribution in [2.24, 2.45) is 4.99 Å². The van der Waals surface area contributed by atoms with Crippen molar-refractivity contribution in [3.63, 3.8) is 0 Å². The summed E-state index contributed by atoms with van der Waals surface area (Å²) in [7, 11) is 0. The molecule has 0 aliphatic carbocycles. The van der Waals surface area contributed by atoms with Crippen LogP contribution in [0.1, 0.15) is 21.8 Å². The molecule has 0 spiro atoms. The highest BCUT2D eigenvalue weighted by molar-refractivity contribution is 6.29. The SMILES string of the molecule is C.C.CC(Cl)C(=O)OCN=C=O. The van der Waals surface area contributed by atoms with Crippen molar-refractivity contribution in [2.75, 3.05) is 6.73 Å². The van der Waals surface area contributed by atoms with E-state index in [2.05, 4.69) is 9.73 Å². The van der Waals surface area contributed by atoms with Crippen LogP contribution in [0.25, 0.3) is 0 Å². The van der Waals surface area contributed by atoms with Crippen LogP contribution in [0, 0.1) is 0 Å². The van der Waals surface area contributed by atoms with Crippen molar-refractivity contribution in [1.82, 2.24) is 0 Å². The average molecular weight is 196 g/mol. The van der Waals surface area contributed by atoms with Gasteiger partial charge >= 0.3 is 5.97 Å². The molecule has 1 unspecified atom stereocenters. The van der Waals surface area contributed by atoms with E-state index in [1.807, 2.05) is 0 Å². The van der Waals surface area contributed by atoms with Gasteiger partial charge in [0.1, 0.15) is 5.38 Å². The lowest BCUT2D eigenvalue weighted by atomic mass is 10.5. The fourth-order valence-electron chi connectivity index (χ4n) is 0.237. The number of halogens is 1. The lowest BCUT2D eigenvalue weighted by Crippen LogP contribution is -2.14. The lowest BCUT2D eigenvalue weighted by Gasteiger charge is -1.99. The molecule has 12 heavy (non-hydrogen) atoms. The zero-order chi connectivity index (χ0) is 7.98. The number of rotatable bonds is 3. The second kappa shape index (κ2) is 10.1. The summed E-state index contributed by atoms with van der Waals surface area (Å²) < 4.78 is 4.34. The van der Waals surface area contributed by atoms with Gasteiger partial charge in [-0.05, 0) is 6.92 Å². The fraction of sp³-hybridized carbons (Fsp3) is 0.714. The smallest absolute Gasteiger partial charge is 0.325 e. The van der Waals surface area contributed by atoms with Crippen molar-refractivity contribution in [1.29, 1.82) is 0 Å². The molecular formula is C7H14ClNO3. The van der Waals surface area contributed by atoms with Crippen molar-refractivity contribution >= 4 is 23.7 Å². The normalized spacial score (nSPS) is 9.50. The number of nitrogens with zero attached hydrogens (tertiary/aromatic N) is 1. The van der Waals surface area contributed by atoms with E-state index in [1.54, 1.807) is 0 Å². The molecule has 0 saturated heterocycles. The first-order chi connectivity index (χ1) is 4.68. The minimum Gasteiger partial charge on any atom is -0.440 e. The number of ether oxygens (including phenoxy) is 1. The molecule has 0 aromatic heterocycles. The van der Waals surface area contributed by atoms with E-state index in [-0.39, 0.29) is 21.6 Å². The summed E-state index contributed by atoms with van der Waals surface area (Å²) in [5.74, 6) is -0.597. The first-order valence-corrected chi connectivity index (χ1v) is 2.96. The largest absolute Gasteiger partial charge is 0.440 e. The van der Waals surface area contributed by atoms with Gasteiger partial charge in [0.2, 0.25) is 6.08 Å². The Kier molecular flexibility index (Phi) is 14.6. The van der Waals surface area contributed by atoms with E-state index >= 15 is 0 Å². The van der Waals surface area contributed by atoms with E-state index in [1.165, 1.54) is 13.0 Å². The molecular weight excluding hydrogens is 182 g/mol. The minimum absolute atomic E-state index is 0. The number of carbonyl (C=O) groups is 1. The van der Waals surface area contributed by atoms with Crippen molar-refractivity contribution < 1.29 is 14.3 Å². The summed E-state index contributed by atoms with van der Waals surface area (Å²) in [5.41, 5.74) is 0. The third-order valence-corrected chi connectivity index (χ3v) is 0.839. The molecule has 0 radical (unpaired) electrons. The molecule has 72 valence electrons. The maximum Gasteiger partial charge on any atom is 0.325 e. The Morgan fingerprint density at radius 2 is 2.17 bits per heavy atom. The van der Waals surface area contributed by atoms with Crippen molar-refractivity contribution in [3.8, 4) is 0 Å². The maximum absolute atomic E-state index is 10.5. The quantitative estimate of drug-likeness (QED) is 0.298. The predicted octanol–water partition coefficient (Wildman–Crippen LogP) is 1.72. The van der Waals surface area contributed by atoms with Crippen LogP contribution in [0.15, 0.2) is 4.99 Å². The van der Waals surface area contributed by atoms with Gasteiger partial charge in [-0.25, -0.2) is 4.79 Å². The van der Waals surface area contributed by atoms with Crippen molar-refractivity contribution in [3.05, 3.63) is 0 Å². The number of alkyl halides is 1. The summed E-state index contributed by atoms with van der Waals surface area (Å²) in [5, 5.41) is -0.707. The average Bonchev–Trinajstić information content (AvgIpc) is 1.88. The Balaban J connectivity index is -0.000000405. The van der Waals surface area contributed by atoms with Crippen LogP contribution in [0.2, 0.25) is 0 Å². The third-order valence-electron chi connectivity index (χ3n) is 0.661. The van der Waals surface area contributed by atoms with Crippen LogP contribution in [0.3, 0.4) is 0 Å². The molecule has 0 bridgehead atoms. The van der Waals surface area contributed by atoms with E-state index in [0.29, 0.717) is 0 Å². The van der Waals surface area contributed by atoms with Gasteiger partial charge < -0.3 is 4.74 Å². The van der Waals surface area contributed by atoms with Crippen LogP contribution in [0.5, 0.6) is 0 Å². The summed E-state index contributed by atoms with van der Waals surface area (Å²) in [6, 6.07) is 0. The molecule has 5 heteroatoms. The fourth-order valence-corrected chi connectivity index (χ4v) is 0.300. The molecule has 0 heterocycles. The van der Waals surface area contributed by atoms with Crippen LogP contribution in [0.4, 0.5) is 0 Å². The van der Waals surface area contributed by atoms with Crippen LogP contribution in [-0.4, -0.2) is 24.2 Å². The topological polar surface area (TPSA) is 55.7 Å².